The van der Waals surface area contributed by atoms with Gasteiger partial charge in [0.1, 0.15) is 11.9 Å². The van der Waals surface area contributed by atoms with Crippen molar-refractivity contribution in [2.24, 2.45) is 5.92 Å². The van der Waals surface area contributed by atoms with E-state index in [1.807, 2.05) is 0 Å². The van der Waals surface area contributed by atoms with Gasteiger partial charge in [-0.15, -0.1) is 0 Å². The van der Waals surface area contributed by atoms with Crippen molar-refractivity contribution in [2.75, 3.05) is 18.5 Å². The fourth-order valence-corrected chi connectivity index (χ4v) is 4.43. The number of rotatable bonds is 10. The molecule has 182 valence electrons. The van der Waals surface area contributed by atoms with Gasteiger partial charge < -0.3 is 20.5 Å². The molecule has 7 nitrogen and oxygen atoms in total. The Morgan fingerprint density at radius 2 is 2.06 bits per heavy atom. The molecule has 0 spiro atoms. The highest BCUT2D eigenvalue weighted by Gasteiger charge is 2.30. The number of fused-ring (bicyclic) bond motifs is 1. The van der Waals surface area contributed by atoms with Crippen LogP contribution < -0.4 is 10.6 Å². The van der Waals surface area contributed by atoms with Gasteiger partial charge in [-0.25, -0.2) is 18.6 Å². The highest BCUT2D eigenvalue weighted by molar-refractivity contribution is 5.96. The summed E-state index contributed by atoms with van der Waals surface area (Å²) < 4.78 is 32.9. The molecule has 0 radical (unpaired) electrons. The topological polar surface area (TPSA) is 101 Å². The summed E-state index contributed by atoms with van der Waals surface area (Å²) in [4.78, 5) is 28.4. The van der Waals surface area contributed by atoms with Gasteiger partial charge in [0.05, 0.1) is 11.7 Å². The first-order chi connectivity index (χ1) is 16.4. The van der Waals surface area contributed by atoms with Crippen LogP contribution in [0.3, 0.4) is 0 Å². The van der Waals surface area contributed by atoms with E-state index in [4.69, 9.17) is 9.72 Å². The number of hydrogen-bond donors (Lipinski definition) is 3. The van der Waals surface area contributed by atoms with Gasteiger partial charge in [-0.1, -0.05) is 12.1 Å². The van der Waals surface area contributed by atoms with Crippen molar-refractivity contribution < 1.29 is 28.2 Å². The van der Waals surface area contributed by atoms with E-state index in [0.29, 0.717) is 5.92 Å². The summed E-state index contributed by atoms with van der Waals surface area (Å²) in [5.74, 6) is -3.14. The maximum atomic E-state index is 13.8. The highest BCUT2D eigenvalue weighted by atomic mass is 19.2. The van der Waals surface area contributed by atoms with Crippen molar-refractivity contribution >= 4 is 17.7 Å². The molecule has 1 aromatic heterocycles. The molecule has 1 aromatic carbocycles. The van der Waals surface area contributed by atoms with E-state index in [1.54, 1.807) is 0 Å². The summed E-state index contributed by atoms with van der Waals surface area (Å²) in [7, 11) is 0. The molecule has 3 N–H and O–H groups in total. The standard InChI is InChI=1S/C25H29F2N3O4/c26-20-5-1-4-19(22(20)27)24(31)30-21(25(32)33)10-12-34-18-13-15(14-18)6-8-17-9-7-16-3-2-11-28-23(16)29-17/h1,4-5,7,9,15,18,21H,2-3,6,8,10-14H2,(H,28,29)(H,30,31)(H,32,33)/t15?,18?,21-/m0/s1. The second-order valence-corrected chi connectivity index (χ2v) is 8.96. The van der Waals surface area contributed by atoms with Crippen molar-refractivity contribution in [1.29, 1.82) is 0 Å². The van der Waals surface area contributed by atoms with Crippen LogP contribution in [0, 0.1) is 17.6 Å². The van der Waals surface area contributed by atoms with Gasteiger partial charge in [0.2, 0.25) is 0 Å². The first-order valence-electron chi connectivity index (χ1n) is 11.7. The Hall–Kier alpha value is -3.07. The Balaban J connectivity index is 1.16. The number of carbonyl (C=O) groups is 2. The predicted molar refractivity (Wildman–Crippen MR) is 122 cm³/mol. The average Bonchev–Trinajstić information content (AvgIpc) is 2.80. The van der Waals surface area contributed by atoms with Crippen LogP contribution in [-0.4, -0.2) is 47.3 Å². The van der Waals surface area contributed by atoms with Crippen molar-refractivity contribution in [3.8, 4) is 0 Å². The minimum absolute atomic E-state index is 0.0330. The van der Waals surface area contributed by atoms with E-state index in [2.05, 4.69) is 22.8 Å². The van der Waals surface area contributed by atoms with E-state index in [0.717, 1.165) is 68.7 Å². The SMILES string of the molecule is O=C(N[C@@H](CCOC1CC(CCc2ccc3c(n2)NCCC3)C1)C(=O)O)c1cccc(F)c1F. The number of carbonyl (C=O) groups excluding carboxylic acids is 1. The zero-order chi connectivity index (χ0) is 24.1. The molecule has 34 heavy (non-hydrogen) atoms. The first-order valence-corrected chi connectivity index (χ1v) is 11.7. The first kappa shape index (κ1) is 24.1. The molecular formula is C25H29F2N3O4. The third kappa shape index (κ3) is 5.88. The zero-order valence-corrected chi connectivity index (χ0v) is 18.9. The third-order valence-corrected chi connectivity index (χ3v) is 6.51. The molecule has 2 heterocycles. The van der Waals surface area contributed by atoms with Crippen molar-refractivity contribution in [3.63, 3.8) is 0 Å². The number of aliphatic carboxylic acids is 1. The lowest BCUT2D eigenvalue weighted by molar-refractivity contribution is -0.140. The Labute approximate surface area is 196 Å². The predicted octanol–water partition coefficient (Wildman–Crippen LogP) is 3.72. The van der Waals surface area contributed by atoms with Gasteiger partial charge in [0.25, 0.3) is 5.91 Å². The number of aryl methyl sites for hydroxylation is 2. The van der Waals surface area contributed by atoms with E-state index in [1.165, 1.54) is 11.6 Å². The largest absolute Gasteiger partial charge is 0.480 e. The summed E-state index contributed by atoms with van der Waals surface area (Å²) in [6, 6.07) is 6.20. The molecule has 0 bridgehead atoms. The minimum atomic E-state index is -1.30. The van der Waals surface area contributed by atoms with Crippen LogP contribution in [0.1, 0.15) is 53.7 Å². The van der Waals surface area contributed by atoms with Crippen molar-refractivity contribution in [2.45, 2.75) is 57.1 Å². The van der Waals surface area contributed by atoms with E-state index in [9.17, 15) is 23.5 Å². The molecule has 1 aliphatic heterocycles. The quantitative estimate of drug-likeness (QED) is 0.486. The number of benzene rings is 1. The van der Waals surface area contributed by atoms with Crippen LogP contribution in [0.2, 0.25) is 0 Å². The molecule has 1 aliphatic carbocycles. The summed E-state index contributed by atoms with van der Waals surface area (Å²) in [6.07, 6.45) is 6.06. The van der Waals surface area contributed by atoms with Crippen LogP contribution in [0.15, 0.2) is 30.3 Å². The number of pyridine rings is 1. The maximum Gasteiger partial charge on any atom is 0.326 e. The molecule has 1 saturated carbocycles. The Kier molecular flexibility index (Phi) is 7.72. The number of ether oxygens (including phenoxy) is 1. The number of halogens is 2. The molecule has 1 fully saturated rings. The number of hydrogen-bond acceptors (Lipinski definition) is 5. The smallest absolute Gasteiger partial charge is 0.326 e. The summed E-state index contributed by atoms with van der Waals surface area (Å²) in [5, 5.41) is 15.0. The number of carboxylic acids is 1. The van der Waals surface area contributed by atoms with Gasteiger partial charge in [0.15, 0.2) is 11.6 Å². The van der Waals surface area contributed by atoms with Gasteiger partial charge >= 0.3 is 5.97 Å². The normalized spacial score (nSPS) is 19.9. The van der Waals surface area contributed by atoms with Crippen LogP contribution in [0.25, 0.3) is 0 Å². The van der Waals surface area contributed by atoms with Crippen LogP contribution in [-0.2, 0) is 22.4 Å². The van der Waals surface area contributed by atoms with Crippen LogP contribution in [0.4, 0.5) is 14.6 Å². The highest BCUT2D eigenvalue weighted by Crippen LogP contribution is 2.34. The molecule has 0 unspecified atom stereocenters. The Morgan fingerprint density at radius 1 is 1.24 bits per heavy atom. The van der Waals surface area contributed by atoms with Gasteiger partial charge in [-0.3, -0.25) is 4.79 Å². The number of nitrogens with one attached hydrogen (secondary N) is 2. The fraction of sp³-hybridized carbons (Fsp3) is 0.480. The lowest BCUT2D eigenvalue weighted by Gasteiger charge is -2.35. The lowest BCUT2D eigenvalue weighted by Crippen LogP contribution is -2.42. The fourth-order valence-electron chi connectivity index (χ4n) is 4.43. The Bertz CT molecular complexity index is 1040. The lowest BCUT2D eigenvalue weighted by atomic mass is 9.79. The molecule has 2 aromatic rings. The molecule has 9 heteroatoms. The van der Waals surface area contributed by atoms with Crippen molar-refractivity contribution in [1.82, 2.24) is 10.3 Å². The molecule has 1 amide bonds. The summed E-state index contributed by atoms with van der Waals surface area (Å²) in [5.41, 5.74) is 1.84. The number of anilines is 1. The number of carboxylic acid groups (broad SMARTS) is 1. The molecule has 0 saturated heterocycles. The maximum absolute atomic E-state index is 13.8. The summed E-state index contributed by atoms with van der Waals surface area (Å²) >= 11 is 0. The van der Waals surface area contributed by atoms with Gasteiger partial charge in [0, 0.05) is 25.3 Å². The number of nitrogens with zero attached hydrogens (tertiary/aromatic N) is 1. The molecular weight excluding hydrogens is 444 g/mol. The van der Waals surface area contributed by atoms with Crippen LogP contribution in [0.5, 0.6) is 0 Å². The van der Waals surface area contributed by atoms with Gasteiger partial charge in [-0.2, -0.15) is 0 Å². The second-order valence-electron chi connectivity index (χ2n) is 8.96. The monoisotopic (exact) mass is 473 g/mol. The number of amides is 1. The Morgan fingerprint density at radius 3 is 2.85 bits per heavy atom. The summed E-state index contributed by atoms with van der Waals surface area (Å²) in [6.45, 7) is 1.12. The van der Waals surface area contributed by atoms with E-state index >= 15 is 0 Å². The third-order valence-electron chi connectivity index (χ3n) is 6.51. The number of aromatic nitrogens is 1. The minimum Gasteiger partial charge on any atom is -0.480 e. The van der Waals surface area contributed by atoms with Crippen molar-refractivity contribution in [3.05, 3.63) is 58.8 Å². The molecule has 1 atom stereocenters. The zero-order valence-electron chi connectivity index (χ0n) is 18.9. The molecule has 2 aliphatic rings. The second kappa shape index (κ2) is 10.9. The molecule has 4 rings (SSSR count). The van der Waals surface area contributed by atoms with Crippen LogP contribution >= 0.6 is 0 Å². The van der Waals surface area contributed by atoms with Gasteiger partial charge in [-0.05, 0) is 68.2 Å². The van der Waals surface area contributed by atoms with E-state index in [-0.39, 0.29) is 19.1 Å². The average molecular weight is 474 g/mol. The van der Waals surface area contributed by atoms with E-state index < -0.39 is 35.1 Å².